The number of anilines is 1. The quantitative estimate of drug-likeness (QED) is 0.495. The summed E-state index contributed by atoms with van der Waals surface area (Å²) in [5.41, 5.74) is 4.03. The number of alkyl halides is 3. The van der Waals surface area contributed by atoms with E-state index >= 15 is 0 Å². The van der Waals surface area contributed by atoms with Crippen LogP contribution in [-0.2, 0) is 19.6 Å². The van der Waals surface area contributed by atoms with Crippen molar-refractivity contribution in [2.45, 2.75) is 26.0 Å². The van der Waals surface area contributed by atoms with E-state index in [1.54, 1.807) is 17.2 Å². The highest BCUT2D eigenvalue weighted by Gasteiger charge is 2.31. The molecule has 3 aromatic rings. The number of aromatic nitrogens is 1. The van der Waals surface area contributed by atoms with Crippen LogP contribution in [0.4, 0.5) is 19.0 Å². The standard InChI is InChI=1S/C27H24F3N5O2/c28-27(29,30)37-23-5-1-19(2-6-23)17-35-18-22-13-20(3-7-24(22)26(35)36)16-33-9-11-34(12-10-33)25-8-4-21(14-31)15-32-25/h1-8,13,15H,9-12,16-18H2. The van der Waals surface area contributed by atoms with E-state index in [-0.39, 0.29) is 11.7 Å². The number of ether oxygens (including phenoxy) is 1. The zero-order valence-electron chi connectivity index (χ0n) is 19.9. The van der Waals surface area contributed by atoms with Crippen molar-refractivity contribution in [1.82, 2.24) is 14.8 Å². The van der Waals surface area contributed by atoms with Crippen LogP contribution in [-0.4, -0.2) is 53.2 Å². The predicted octanol–water partition coefficient (Wildman–Crippen LogP) is 4.33. The molecule has 0 unspecified atom stereocenters. The number of piperazine rings is 1. The summed E-state index contributed by atoms with van der Waals surface area (Å²) in [6.07, 6.45) is -3.14. The number of benzene rings is 2. The molecule has 10 heteroatoms. The minimum atomic E-state index is -4.73. The van der Waals surface area contributed by atoms with Crippen molar-refractivity contribution in [1.29, 1.82) is 5.26 Å². The van der Waals surface area contributed by atoms with Gasteiger partial charge in [-0.05, 0) is 47.0 Å². The van der Waals surface area contributed by atoms with Crippen LogP contribution in [0.5, 0.6) is 5.75 Å². The minimum absolute atomic E-state index is 0.0827. The number of nitrogens with zero attached hydrogens (tertiary/aromatic N) is 5. The van der Waals surface area contributed by atoms with Crippen LogP contribution in [0.1, 0.15) is 32.6 Å². The summed E-state index contributed by atoms with van der Waals surface area (Å²) >= 11 is 0. The summed E-state index contributed by atoms with van der Waals surface area (Å²) in [5, 5.41) is 8.94. The van der Waals surface area contributed by atoms with Crippen LogP contribution in [0.3, 0.4) is 0 Å². The van der Waals surface area contributed by atoms with E-state index in [1.165, 1.54) is 24.3 Å². The van der Waals surface area contributed by atoms with Gasteiger partial charge in [0.25, 0.3) is 5.91 Å². The Morgan fingerprint density at radius 3 is 2.32 bits per heavy atom. The van der Waals surface area contributed by atoms with Crippen LogP contribution < -0.4 is 9.64 Å². The average Bonchev–Trinajstić information content (AvgIpc) is 3.19. The molecule has 0 N–H and O–H groups in total. The van der Waals surface area contributed by atoms with Gasteiger partial charge in [-0.3, -0.25) is 9.69 Å². The molecule has 1 saturated heterocycles. The number of carbonyl (C=O) groups is 1. The minimum Gasteiger partial charge on any atom is -0.406 e. The summed E-state index contributed by atoms with van der Waals surface area (Å²) in [7, 11) is 0. The van der Waals surface area contributed by atoms with Gasteiger partial charge in [-0.2, -0.15) is 5.26 Å². The smallest absolute Gasteiger partial charge is 0.406 e. The monoisotopic (exact) mass is 507 g/mol. The molecule has 1 amide bonds. The molecule has 5 rings (SSSR count). The van der Waals surface area contributed by atoms with Crippen LogP contribution in [0.2, 0.25) is 0 Å². The number of nitriles is 1. The highest BCUT2D eigenvalue weighted by molar-refractivity contribution is 5.98. The fourth-order valence-electron chi connectivity index (χ4n) is 4.71. The highest BCUT2D eigenvalue weighted by Crippen LogP contribution is 2.28. The molecule has 0 radical (unpaired) electrons. The number of amides is 1. The van der Waals surface area contributed by atoms with Gasteiger partial charge in [0.2, 0.25) is 0 Å². The lowest BCUT2D eigenvalue weighted by Gasteiger charge is -2.35. The average molecular weight is 508 g/mol. The van der Waals surface area contributed by atoms with Gasteiger partial charge in [-0.1, -0.05) is 24.3 Å². The van der Waals surface area contributed by atoms with Crippen molar-refractivity contribution >= 4 is 11.7 Å². The maximum Gasteiger partial charge on any atom is 0.573 e. The van der Waals surface area contributed by atoms with E-state index in [0.29, 0.717) is 24.2 Å². The number of fused-ring (bicyclic) bond motifs is 1. The molecule has 0 aliphatic carbocycles. The Kier molecular flexibility index (Phi) is 6.72. The van der Waals surface area contributed by atoms with Crippen molar-refractivity contribution in [3.05, 3.63) is 88.6 Å². The molecular weight excluding hydrogens is 483 g/mol. The van der Waals surface area contributed by atoms with Gasteiger partial charge in [-0.25, -0.2) is 4.98 Å². The lowest BCUT2D eigenvalue weighted by molar-refractivity contribution is -0.274. The zero-order valence-corrected chi connectivity index (χ0v) is 19.9. The van der Waals surface area contributed by atoms with Gasteiger partial charge in [0.05, 0.1) is 5.56 Å². The molecule has 2 aliphatic rings. The molecule has 3 heterocycles. The van der Waals surface area contributed by atoms with Crippen LogP contribution in [0.15, 0.2) is 60.8 Å². The molecule has 7 nitrogen and oxygen atoms in total. The van der Waals surface area contributed by atoms with E-state index in [1.807, 2.05) is 18.2 Å². The number of halogens is 3. The number of hydrogen-bond acceptors (Lipinski definition) is 6. The van der Waals surface area contributed by atoms with Gasteiger partial charge in [-0.15, -0.1) is 13.2 Å². The number of pyridine rings is 1. The van der Waals surface area contributed by atoms with E-state index in [4.69, 9.17) is 5.26 Å². The van der Waals surface area contributed by atoms with Crippen molar-refractivity contribution in [3.8, 4) is 11.8 Å². The third-order valence-corrected chi connectivity index (χ3v) is 6.56. The molecule has 2 aromatic carbocycles. The molecule has 1 fully saturated rings. The van der Waals surface area contributed by atoms with Crippen LogP contribution in [0, 0.1) is 11.3 Å². The predicted molar refractivity (Wildman–Crippen MR) is 130 cm³/mol. The summed E-state index contributed by atoms with van der Waals surface area (Å²) in [5.74, 6) is 0.504. The third-order valence-electron chi connectivity index (χ3n) is 6.56. The maximum absolute atomic E-state index is 12.9. The molecule has 37 heavy (non-hydrogen) atoms. The summed E-state index contributed by atoms with van der Waals surface area (Å²) in [4.78, 5) is 23.5. The Balaban J connectivity index is 1.16. The Morgan fingerprint density at radius 1 is 0.946 bits per heavy atom. The van der Waals surface area contributed by atoms with Crippen molar-refractivity contribution in [2.24, 2.45) is 0 Å². The molecular formula is C27H24F3N5O2. The molecule has 0 atom stereocenters. The number of carbonyl (C=O) groups excluding carboxylic acids is 1. The topological polar surface area (TPSA) is 72.7 Å². The SMILES string of the molecule is N#Cc1ccc(N2CCN(Cc3ccc4c(c3)CN(Cc3ccc(OC(F)(F)F)cc3)C4=O)CC2)nc1. The van der Waals surface area contributed by atoms with Crippen LogP contribution in [0.25, 0.3) is 0 Å². The highest BCUT2D eigenvalue weighted by atomic mass is 19.4. The summed E-state index contributed by atoms with van der Waals surface area (Å²) < 4.78 is 41.0. The summed E-state index contributed by atoms with van der Waals surface area (Å²) in [6, 6.07) is 17.2. The van der Waals surface area contributed by atoms with Crippen molar-refractivity contribution < 1.29 is 22.7 Å². The second-order valence-corrected chi connectivity index (χ2v) is 9.12. The largest absolute Gasteiger partial charge is 0.573 e. The normalized spacial score (nSPS) is 16.0. The van der Waals surface area contributed by atoms with Crippen molar-refractivity contribution in [3.63, 3.8) is 0 Å². The Bertz CT molecular complexity index is 1310. The fraction of sp³-hybridized carbons (Fsp3) is 0.296. The Hall–Kier alpha value is -4.10. The molecule has 190 valence electrons. The van der Waals surface area contributed by atoms with E-state index in [9.17, 15) is 18.0 Å². The Morgan fingerprint density at radius 2 is 1.68 bits per heavy atom. The zero-order chi connectivity index (χ0) is 26.0. The molecule has 0 spiro atoms. The van der Waals surface area contributed by atoms with E-state index < -0.39 is 6.36 Å². The maximum atomic E-state index is 12.9. The molecule has 0 saturated carbocycles. The molecule has 2 aliphatic heterocycles. The van der Waals surface area contributed by atoms with Gasteiger partial charge in [0.15, 0.2) is 0 Å². The second kappa shape index (κ2) is 10.1. The van der Waals surface area contributed by atoms with Crippen molar-refractivity contribution in [2.75, 3.05) is 31.1 Å². The Labute approximate surface area is 212 Å². The molecule has 1 aromatic heterocycles. The number of hydrogen-bond donors (Lipinski definition) is 0. The van der Waals surface area contributed by atoms with E-state index in [0.717, 1.165) is 55.2 Å². The lowest BCUT2D eigenvalue weighted by Crippen LogP contribution is -2.46. The first-order valence-electron chi connectivity index (χ1n) is 11.9. The molecule has 0 bridgehead atoms. The fourth-order valence-corrected chi connectivity index (χ4v) is 4.71. The first kappa shape index (κ1) is 24.6. The third kappa shape index (κ3) is 5.84. The van der Waals surface area contributed by atoms with Gasteiger partial charge < -0.3 is 14.5 Å². The van der Waals surface area contributed by atoms with Gasteiger partial charge >= 0.3 is 6.36 Å². The van der Waals surface area contributed by atoms with Gasteiger partial charge in [0, 0.05) is 57.6 Å². The first-order chi connectivity index (χ1) is 17.8. The van der Waals surface area contributed by atoms with Gasteiger partial charge in [0.1, 0.15) is 17.6 Å². The second-order valence-electron chi connectivity index (χ2n) is 9.12. The number of rotatable bonds is 6. The lowest BCUT2D eigenvalue weighted by atomic mass is 10.1. The first-order valence-corrected chi connectivity index (χ1v) is 11.9. The van der Waals surface area contributed by atoms with E-state index in [2.05, 4.69) is 31.7 Å². The summed E-state index contributed by atoms with van der Waals surface area (Å²) in [6.45, 7) is 4.96. The van der Waals surface area contributed by atoms with Crippen LogP contribution >= 0.6 is 0 Å².